The van der Waals surface area contributed by atoms with Gasteiger partial charge >= 0.3 is 0 Å². The van der Waals surface area contributed by atoms with Gasteiger partial charge in [-0.25, -0.2) is 0 Å². The first-order valence-corrected chi connectivity index (χ1v) is 8.60. The summed E-state index contributed by atoms with van der Waals surface area (Å²) in [5.41, 5.74) is 1.85. The highest BCUT2D eigenvalue weighted by atomic mass is 16.7. The van der Waals surface area contributed by atoms with Gasteiger partial charge < -0.3 is 19.3 Å². The fraction of sp³-hybridized carbons (Fsp3) is 0.200. The van der Waals surface area contributed by atoms with Crippen LogP contribution in [-0.2, 0) is 11.3 Å². The van der Waals surface area contributed by atoms with E-state index >= 15 is 0 Å². The Bertz CT molecular complexity index is 939. The lowest BCUT2D eigenvalue weighted by molar-refractivity contribution is -0.118. The molecule has 2 heterocycles. The third kappa shape index (κ3) is 3.93. The molecule has 2 N–H and O–H groups in total. The van der Waals surface area contributed by atoms with Crippen molar-refractivity contribution in [1.82, 2.24) is 10.5 Å². The number of carbonyl (C=O) groups excluding carboxylic acids is 1. The van der Waals surface area contributed by atoms with Gasteiger partial charge in [-0.15, -0.1) is 0 Å². The van der Waals surface area contributed by atoms with Crippen LogP contribution in [0.15, 0.2) is 59.1 Å². The van der Waals surface area contributed by atoms with E-state index in [2.05, 4.69) is 15.8 Å². The van der Waals surface area contributed by atoms with Crippen LogP contribution in [-0.4, -0.2) is 17.9 Å². The maximum absolute atomic E-state index is 12.8. The second kappa shape index (κ2) is 7.51. The highest BCUT2D eigenvalue weighted by molar-refractivity contribution is 5.94. The van der Waals surface area contributed by atoms with Crippen molar-refractivity contribution >= 4 is 11.7 Å². The van der Waals surface area contributed by atoms with Gasteiger partial charge in [0.1, 0.15) is 11.8 Å². The summed E-state index contributed by atoms with van der Waals surface area (Å²) < 4.78 is 15.8. The molecule has 1 atom stereocenters. The van der Waals surface area contributed by atoms with Gasteiger partial charge in [0, 0.05) is 12.6 Å². The lowest BCUT2D eigenvalue weighted by Gasteiger charge is -2.18. The average molecular weight is 365 g/mol. The lowest BCUT2D eigenvalue weighted by atomic mass is 10.1. The van der Waals surface area contributed by atoms with Crippen LogP contribution in [0.2, 0.25) is 0 Å². The van der Waals surface area contributed by atoms with E-state index in [4.69, 9.17) is 14.0 Å². The van der Waals surface area contributed by atoms with E-state index in [1.165, 1.54) is 0 Å². The number of fused-ring (bicyclic) bond motifs is 1. The number of benzene rings is 2. The Hall–Kier alpha value is -3.32. The van der Waals surface area contributed by atoms with Crippen LogP contribution in [0.3, 0.4) is 0 Å². The SMILES string of the molecule is Cc1cc(NC(=O)[C@@H](NCc2ccc3c(c2)OCO3)c2ccccc2)no1. The number of hydrogen-bond donors (Lipinski definition) is 2. The number of nitrogens with one attached hydrogen (secondary N) is 2. The van der Waals surface area contributed by atoms with Crippen LogP contribution in [0.5, 0.6) is 11.5 Å². The molecule has 7 nitrogen and oxygen atoms in total. The van der Waals surface area contributed by atoms with Crippen LogP contribution < -0.4 is 20.1 Å². The van der Waals surface area contributed by atoms with Gasteiger partial charge in [0.25, 0.3) is 0 Å². The van der Waals surface area contributed by atoms with E-state index in [0.29, 0.717) is 23.9 Å². The molecule has 2 aromatic carbocycles. The number of rotatable bonds is 6. The highest BCUT2D eigenvalue weighted by Gasteiger charge is 2.22. The normalized spacial score (nSPS) is 13.4. The molecule has 1 amide bonds. The number of hydrogen-bond acceptors (Lipinski definition) is 6. The summed E-state index contributed by atoms with van der Waals surface area (Å²) in [5, 5.41) is 9.92. The van der Waals surface area contributed by atoms with Crippen LogP contribution in [0.25, 0.3) is 0 Å². The monoisotopic (exact) mass is 365 g/mol. The third-order valence-corrected chi connectivity index (χ3v) is 4.22. The number of carbonyl (C=O) groups is 1. The van der Waals surface area contributed by atoms with Crippen molar-refractivity contribution in [2.75, 3.05) is 12.1 Å². The summed E-state index contributed by atoms with van der Waals surface area (Å²) in [4.78, 5) is 12.8. The van der Waals surface area contributed by atoms with Gasteiger partial charge in [-0.3, -0.25) is 10.1 Å². The minimum Gasteiger partial charge on any atom is -0.454 e. The number of ether oxygens (including phenoxy) is 2. The molecule has 0 saturated heterocycles. The third-order valence-electron chi connectivity index (χ3n) is 4.22. The molecular weight excluding hydrogens is 346 g/mol. The van der Waals surface area contributed by atoms with Crippen LogP contribution >= 0.6 is 0 Å². The zero-order chi connectivity index (χ0) is 18.6. The Morgan fingerprint density at radius 2 is 1.93 bits per heavy atom. The Labute approximate surface area is 156 Å². The molecule has 0 aliphatic carbocycles. The summed E-state index contributed by atoms with van der Waals surface area (Å²) in [6.45, 7) is 2.50. The molecule has 3 aromatic rings. The Balaban J connectivity index is 1.50. The number of nitrogens with zero attached hydrogens (tertiary/aromatic N) is 1. The Morgan fingerprint density at radius 3 is 2.70 bits per heavy atom. The van der Waals surface area contributed by atoms with Crippen molar-refractivity contribution in [1.29, 1.82) is 0 Å². The van der Waals surface area contributed by atoms with Crippen LogP contribution in [0, 0.1) is 6.92 Å². The highest BCUT2D eigenvalue weighted by Crippen LogP contribution is 2.32. The average Bonchev–Trinajstić information content (AvgIpc) is 3.31. The zero-order valence-electron chi connectivity index (χ0n) is 14.8. The molecule has 1 aromatic heterocycles. The minimum atomic E-state index is -0.548. The predicted octanol–water partition coefficient (Wildman–Crippen LogP) is 3.18. The fourth-order valence-electron chi connectivity index (χ4n) is 2.90. The number of aryl methyl sites for hydroxylation is 1. The first-order valence-electron chi connectivity index (χ1n) is 8.60. The summed E-state index contributed by atoms with van der Waals surface area (Å²) in [6.07, 6.45) is 0. The van der Waals surface area contributed by atoms with Gasteiger partial charge in [-0.05, 0) is 30.2 Å². The summed E-state index contributed by atoms with van der Waals surface area (Å²) in [7, 11) is 0. The van der Waals surface area contributed by atoms with Gasteiger partial charge in [0.05, 0.1) is 0 Å². The van der Waals surface area contributed by atoms with Crippen molar-refractivity contribution in [2.45, 2.75) is 19.5 Å². The van der Waals surface area contributed by atoms with E-state index in [1.807, 2.05) is 48.5 Å². The van der Waals surface area contributed by atoms with Crippen LogP contribution in [0.4, 0.5) is 5.82 Å². The van der Waals surface area contributed by atoms with E-state index in [9.17, 15) is 4.79 Å². The lowest BCUT2D eigenvalue weighted by Crippen LogP contribution is -2.32. The van der Waals surface area contributed by atoms with Gasteiger partial charge in [0.2, 0.25) is 12.7 Å². The Kier molecular flexibility index (Phi) is 4.76. The van der Waals surface area contributed by atoms with Crippen molar-refractivity contribution in [3.05, 3.63) is 71.5 Å². The largest absolute Gasteiger partial charge is 0.454 e. The second-order valence-corrected chi connectivity index (χ2v) is 6.22. The molecule has 0 unspecified atom stereocenters. The summed E-state index contributed by atoms with van der Waals surface area (Å²) in [6, 6.07) is 16.4. The first-order chi connectivity index (χ1) is 13.2. The van der Waals surface area contributed by atoms with Gasteiger partial charge in [-0.1, -0.05) is 41.6 Å². The molecule has 0 saturated carbocycles. The predicted molar refractivity (Wildman–Crippen MR) is 98.5 cm³/mol. The van der Waals surface area contributed by atoms with Crippen LogP contribution in [0.1, 0.15) is 22.9 Å². The van der Waals surface area contributed by atoms with Crippen molar-refractivity contribution in [2.24, 2.45) is 0 Å². The fourth-order valence-corrected chi connectivity index (χ4v) is 2.90. The molecule has 0 spiro atoms. The number of amides is 1. The summed E-state index contributed by atoms with van der Waals surface area (Å²) >= 11 is 0. The molecule has 1 aliphatic heterocycles. The van der Waals surface area contributed by atoms with Gasteiger partial charge in [0.15, 0.2) is 17.3 Å². The van der Waals surface area contributed by atoms with Crippen molar-refractivity contribution in [3.63, 3.8) is 0 Å². The van der Waals surface area contributed by atoms with Crippen molar-refractivity contribution in [3.8, 4) is 11.5 Å². The standard InChI is InChI=1S/C20H19N3O4/c1-13-9-18(23-27-13)22-20(24)19(15-5-3-2-4-6-15)21-11-14-7-8-16-17(10-14)26-12-25-16/h2-10,19,21H,11-12H2,1H3,(H,22,23,24)/t19-/m0/s1. The minimum absolute atomic E-state index is 0.213. The van der Waals surface area contributed by atoms with E-state index < -0.39 is 6.04 Å². The second-order valence-electron chi connectivity index (χ2n) is 6.22. The molecule has 0 radical (unpaired) electrons. The molecule has 0 fully saturated rings. The maximum atomic E-state index is 12.8. The smallest absolute Gasteiger partial charge is 0.247 e. The molecule has 1 aliphatic rings. The molecule has 4 rings (SSSR count). The molecule has 7 heteroatoms. The quantitative estimate of drug-likeness (QED) is 0.698. The van der Waals surface area contributed by atoms with Crippen molar-refractivity contribution < 1.29 is 18.8 Å². The molecule has 0 bridgehead atoms. The number of aromatic nitrogens is 1. The number of anilines is 1. The first kappa shape index (κ1) is 17.1. The van der Waals surface area contributed by atoms with Gasteiger partial charge in [-0.2, -0.15) is 0 Å². The molecule has 138 valence electrons. The zero-order valence-corrected chi connectivity index (χ0v) is 14.8. The topological polar surface area (TPSA) is 85.6 Å². The van der Waals surface area contributed by atoms with E-state index in [-0.39, 0.29) is 12.7 Å². The molecular formula is C20H19N3O4. The molecule has 27 heavy (non-hydrogen) atoms. The summed E-state index contributed by atoms with van der Waals surface area (Å²) in [5.74, 6) is 2.26. The Morgan fingerprint density at radius 1 is 1.11 bits per heavy atom. The maximum Gasteiger partial charge on any atom is 0.247 e. The van der Waals surface area contributed by atoms with E-state index in [1.54, 1.807) is 13.0 Å². The van der Waals surface area contributed by atoms with E-state index in [0.717, 1.165) is 16.9 Å².